The van der Waals surface area contributed by atoms with E-state index >= 15 is 0 Å². The average molecular weight is 301 g/mol. The molecule has 1 unspecified atom stereocenters. The van der Waals surface area contributed by atoms with Gasteiger partial charge >= 0.3 is 0 Å². The molecule has 0 aromatic heterocycles. The molecule has 0 radical (unpaired) electrons. The van der Waals surface area contributed by atoms with Crippen LogP contribution < -0.4 is 11.3 Å². The molecular weight excluding hydrogens is 279 g/mol. The van der Waals surface area contributed by atoms with Crippen molar-refractivity contribution >= 4 is 23.2 Å². The van der Waals surface area contributed by atoms with Gasteiger partial charge in [-0.1, -0.05) is 37.0 Å². The molecular formula is C15H22Cl2N2. The Bertz CT molecular complexity index is 436. The maximum absolute atomic E-state index is 6.29. The molecule has 1 saturated carbocycles. The Labute approximate surface area is 125 Å². The lowest BCUT2D eigenvalue weighted by molar-refractivity contribution is 0.161. The first-order valence-electron chi connectivity index (χ1n) is 6.84. The topological polar surface area (TPSA) is 38.0 Å². The van der Waals surface area contributed by atoms with Gasteiger partial charge in [-0.05, 0) is 60.8 Å². The molecule has 0 saturated heterocycles. The van der Waals surface area contributed by atoms with Gasteiger partial charge in [-0.2, -0.15) is 0 Å². The van der Waals surface area contributed by atoms with Crippen LogP contribution in [0, 0.1) is 11.3 Å². The van der Waals surface area contributed by atoms with Crippen molar-refractivity contribution in [1.82, 2.24) is 5.43 Å². The minimum Gasteiger partial charge on any atom is -0.271 e. The van der Waals surface area contributed by atoms with Crippen molar-refractivity contribution in [3.8, 4) is 0 Å². The SMILES string of the molecule is CC1(C)CCC(C(NN)c2cc(Cl)ccc2Cl)CC1. The maximum atomic E-state index is 6.29. The molecule has 2 rings (SSSR count). The van der Waals surface area contributed by atoms with E-state index in [1.165, 1.54) is 25.7 Å². The van der Waals surface area contributed by atoms with Crippen LogP contribution in [0.15, 0.2) is 18.2 Å². The number of nitrogens with two attached hydrogens (primary N) is 1. The highest BCUT2D eigenvalue weighted by atomic mass is 35.5. The average Bonchev–Trinajstić information content (AvgIpc) is 2.36. The molecule has 4 heteroatoms. The molecule has 0 amide bonds. The number of halogens is 2. The Morgan fingerprint density at radius 1 is 1.26 bits per heavy atom. The number of benzene rings is 1. The normalized spacial score (nSPS) is 21.3. The summed E-state index contributed by atoms with van der Waals surface area (Å²) in [7, 11) is 0. The van der Waals surface area contributed by atoms with E-state index in [2.05, 4.69) is 19.3 Å². The van der Waals surface area contributed by atoms with Crippen molar-refractivity contribution in [1.29, 1.82) is 0 Å². The van der Waals surface area contributed by atoms with Crippen LogP contribution in [-0.4, -0.2) is 0 Å². The summed E-state index contributed by atoms with van der Waals surface area (Å²) in [6.45, 7) is 4.67. The smallest absolute Gasteiger partial charge is 0.0503 e. The lowest BCUT2D eigenvalue weighted by atomic mass is 9.70. The molecule has 1 atom stereocenters. The molecule has 1 aliphatic carbocycles. The van der Waals surface area contributed by atoms with Crippen LogP contribution in [0.3, 0.4) is 0 Å². The van der Waals surface area contributed by atoms with Crippen LogP contribution in [0.4, 0.5) is 0 Å². The first kappa shape index (κ1) is 15.1. The highest BCUT2D eigenvalue weighted by Gasteiger charge is 2.32. The van der Waals surface area contributed by atoms with Gasteiger partial charge < -0.3 is 0 Å². The first-order valence-corrected chi connectivity index (χ1v) is 7.59. The van der Waals surface area contributed by atoms with Gasteiger partial charge in [-0.15, -0.1) is 0 Å². The molecule has 1 aliphatic rings. The molecule has 0 spiro atoms. The van der Waals surface area contributed by atoms with E-state index in [9.17, 15) is 0 Å². The van der Waals surface area contributed by atoms with Crippen molar-refractivity contribution in [2.45, 2.75) is 45.6 Å². The highest BCUT2D eigenvalue weighted by molar-refractivity contribution is 6.33. The van der Waals surface area contributed by atoms with E-state index < -0.39 is 0 Å². The standard InChI is InChI=1S/C15H22Cl2N2/c1-15(2)7-5-10(6-8-15)14(19-18)12-9-11(16)3-4-13(12)17/h3-4,9-10,14,19H,5-8,18H2,1-2H3. The van der Waals surface area contributed by atoms with E-state index in [0.29, 0.717) is 16.4 Å². The minimum atomic E-state index is 0.0855. The molecule has 0 aliphatic heterocycles. The number of hydrogen-bond acceptors (Lipinski definition) is 2. The number of hydrazine groups is 1. The monoisotopic (exact) mass is 300 g/mol. The summed E-state index contributed by atoms with van der Waals surface area (Å²) in [4.78, 5) is 0. The highest BCUT2D eigenvalue weighted by Crippen LogP contribution is 2.43. The second-order valence-corrected chi connectivity index (χ2v) is 7.16. The quantitative estimate of drug-likeness (QED) is 0.626. The van der Waals surface area contributed by atoms with E-state index in [4.69, 9.17) is 29.0 Å². The number of nitrogens with one attached hydrogen (secondary N) is 1. The van der Waals surface area contributed by atoms with Gasteiger partial charge in [0, 0.05) is 10.0 Å². The molecule has 1 aromatic carbocycles. The third-order valence-corrected chi connectivity index (χ3v) is 4.91. The van der Waals surface area contributed by atoms with Gasteiger partial charge in [0.2, 0.25) is 0 Å². The molecule has 0 bridgehead atoms. The summed E-state index contributed by atoms with van der Waals surface area (Å²) in [6, 6.07) is 5.66. The third-order valence-electron chi connectivity index (χ3n) is 4.33. The van der Waals surface area contributed by atoms with Crippen molar-refractivity contribution in [3.05, 3.63) is 33.8 Å². The van der Waals surface area contributed by atoms with Gasteiger partial charge in [0.15, 0.2) is 0 Å². The van der Waals surface area contributed by atoms with Crippen molar-refractivity contribution < 1.29 is 0 Å². The van der Waals surface area contributed by atoms with E-state index in [1.807, 2.05) is 18.2 Å². The van der Waals surface area contributed by atoms with Crippen LogP contribution in [-0.2, 0) is 0 Å². The Hall–Kier alpha value is -0.280. The lowest BCUT2D eigenvalue weighted by Gasteiger charge is -2.38. The van der Waals surface area contributed by atoms with Gasteiger partial charge in [0.1, 0.15) is 0 Å². The third kappa shape index (κ3) is 3.63. The fraction of sp³-hybridized carbons (Fsp3) is 0.600. The van der Waals surface area contributed by atoms with Crippen LogP contribution in [0.2, 0.25) is 10.0 Å². The van der Waals surface area contributed by atoms with E-state index in [-0.39, 0.29) is 6.04 Å². The zero-order valence-electron chi connectivity index (χ0n) is 11.5. The Morgan fingerprint density at radius 2 is 1.89 bits per heavy atom. The predicted molar refractivity (Wildman–Crippen MR) is 82.3 cm³/mol. The molecule has 106 valence electrons. The number of hydrogen-bond donors (Lipinski definition) is 2. The zero-order chi connectivity index (χ0) is 14.0. The fourth-order valence-electron chi connectivity index (χ4n) is 2.99. The largest absolute Gasteiger partial charge is 0.271 e. The lowest BCUT2D eigenvalue weighted by Crippen LogP contribution is -2.36. The van der Waals surface area contributed by atoms with E-state index in [0.717, 1.165) is 10.6 Å². The number of rotatable bonds is 3. The Balaban J connectivity index is 2.18. The van der Waals surface area contributed by atoms with Gasteiger partial charge in [0.25, 0.3) is 0 Å². The molecule has 1 aromatic rings. The van der Waals surface area contributed by atoms with Crippen LogP contribution in [0.5, 0.6) is 0 Å². The van der Waals surface area contributed by atoms with Crippen LogP contribution in [0.1, 0.15) is 51.1 Å². The predicted octanol–water partition coefficient (Wildman–Crippen LogP) is 4.71. The van der Waals surface area contributed by atoms with Gasteiger partial charge in [0.05, 0.1) is 6.04 Å². The summed E-state index contributed by atoms with van der Waals surface area (Å²) in [5.74, 6) is 6.29. The minimum absolute atomic E-state index is 0.0855. The summed E-state index contributed by atoms with van der Waals surface area (Å²) >= 11 is 12.4. The summed E-state index contributed by atoms with van der Waals surface area (Å²) < 4.78 is 0. The fourth-order valence-corrected chi connectivity index (χ4v) is 3.40. The first-order chi connectivity index (χ1) is 8.93. The molecule has 3 N–H and O–H groups in total. The molecule has 2 nitrogen and oxygen atoms in total. The summed E-state index contributed by atoms with van der Waals surface area (Å²) in [5, 5.41) is 1.44. The second-order valence-electron chi connectivity index (χ2n) is 6.31. The zero-order valence-corrected chi connectivity index (χ0v) is 13.1. The van der Waals surface area contributed by atoms with Crippen LogP contribution in [0.25, 0.3) is 0 Å². The van der Waals surface area contributed by atoms with Gasteiger partial charge in [-0.3, -0.25) is 11.3 Å². The maximum Gasteiger partial charge on any atom is 0.0503 e. The van der Waals surface area contributed by atoms with Crippen molar-refractivity contribution in [2.75, 3.05) is 0 Å². The second kappa shape index (κ2) is 6.01. The summed E-state index contributed by atoms with van der Waals surface area (Å²) in [6.07, 6.45) is 4.80. The van der Waals surface area contributed by atoms with Gasteiger partial charge in [-0.25, -0.2) is 0 Å². The molecule has 19 heavy (non-hydrogen) atoms. The molecule has 1 fully saturated rings. The molecule has 0 heterocycles. The Kier molecular flexibility index (Phi) is 4.78. The van der Waals surface area contributed by atoms with Crippen LogP contribution >= 0.6 is 23.2 Å². The van der Waals surface area contributed by atoms with Crippen molar-refractivity contribution in [2.24, 2.45) is 17.2 Å². The summed E-state index contributed by atoms with van der Waals surface area (Å²) in [5.41, 5.74) is 4.41. The Morgan fingerprint density at radius 3 is 2.47 bits per heavy atom. The van der Waals surface area contributed by atoms with E-state index in [1.54, 1.807) is 0 Å². The van der Waals surface area contributed by atoms with Crippen molar-refractivity contribution in [3.63, 3.8) is 0 Å².